The Kier molecular flexibility index (Phi) is 6.73. The number of likely N-dealkylation sites (tertiary alicyclic amines) is 1. The lowest BCUT2D eigenvalue weighted by molar-refractivity contribution is -0.126. The first kappa shape index (κ1) is 19.7. The van der Waals surface area contributed by atoms with Gasteiger partial charge in [-0.25, -0.2) is 8.78 Å². The molecule has 6 nitrogen and oxygen atoms in total. The summed E-state index contributed by atoms with van der Waals surface area (Å²) in [5.41, 5.74) is -0.129. The molecule has 0 aromatic heterocycles. The first-order chi connectivity index (χ1) is 13.0. The van der Waals surface area contributed by atoms with E-state index < -0.39 is 17.5 Å². The normalized spacial score (nSPS) is 19.1. The van der Waals surface area contributed by atoms with Gasteiger partial charge in [-0.2, -0.15) is 0 Å². The summed E-state index contributed by atoms with van der Waals surface area (Å²) in [5.74, 6) is -2.13. The Hall–Kier alpha value is -2.06. The molecule has 27 heavy (non-hydrogen) atoms. The Morgan fingerprint density at radius 2 is 1.81 bits per heavy atom. The van der Waals surface area contributed by atoms with Crippen molar-refractivity contribution < 1.29 is 18.4 Å². The zero-order valence-corrected chi connectivity index (χ0v) is 15.3. The van der Waals surface area contributed by atoms with Gasteiger partial charge in [-0.1, -0.05) is 0 Å². The summed E-state index contributed by atoms with van der Waals surface area (Å²) in [4.78, 5) is 28.6. The molecule has 2 saturated heterocycles. The van der Waals surface area contributed by atoms with Gasteiger partial charge < -0.3 is 15.5 Å². The minimum Gasteiger partial charge on any atom is -0.355 e. The lowest BCUT2D eigenvalue weighted by Gasteiger charge is -2.32. The highest BCUT2D eigenvalue weighted by Gasteiger charge is 2.28. The smallest absolute Gasteiger partial charge is 0.256 e. The van der Waals surface area contributed by atoms with Crippen molar-refractivity contribution in [2.45, 2.75) is 12.8 Å². The van der Waals surface area contributed by atoms with Gasteiger partial charge in [0.15, 0.2) is 0 Å². The van der Waals surface area contributed by atoms with Crippen LogP contribution in [0.25, 0.3) is 0 Å². The van der Waals surface area contributed by atoms with Gasteiger partial charge in [0, 0.05) is 64.3 Å². The number of hydrogen-bond acceptors (Lipinski definition) is 4. The summed E-state index contributed by atoms with van der Waals surface area (Å²) in [7, 11) is 0. The number of rotatable bonds is 5. The molecule has 2 aliphatic heterocycles. The Labute approximate surface area is 157 Å². The predicted molar refractivity (Wildman–Crippen MR) is 97.3 cm³/mol. The van der Waals surface area contributed by atoms with Crippen LogP contribution in [0, 0.1) is 17.6 Å². The van der Waals surface area contributed by atoms with Crippen molar-refractivity contribution in [2.24, 2.45) is 5.92 Å². The van der Waals surface area contributed by atoms with Crippen LogP contribution in [0.1, 0.15) is 23.2 Å². The number of nitrogens with zero attached hydrogens (tertiary/aromatic N) is 2. The average molecular weight is 380 g/mol. The van der Waals surface area contributed by atoms with E-state index >= 15 is 0 Å². The molecule has 2 fully saturated rings. The number of carbonyl (C=O) groups excluding carboxylic acids is 2. The summed E-state index contributed by atoms with van der Waals surface area (Å²) < 4.78 is 26.8. The van der Waals surface area contributed by atoms with E-state index in [0.717, 1.165) is 38.8 Å². The summed E-state index contributed by atoms with van der Waals surface area (Å²) in [6.07, 6.45) is 1.10. The van der Waals surface area contributed by atoms with Crippen molar-refractivity contribution in [3.8, 4) is 0 Å². The molecule has 0 unspecified atom stereocenters. The third kappa shape index (κ3) is 5.23. The van der Waals surface area contributed by atoms with Crippen molar-refractivity contribution >= 4 is 11.8 Å². The number of halogens is 2. The molecule has 2 heterocycles. The Bertz CT molecular complexity index is 672. The van der Waals surface area contributed by atoms with Gasteiger partial charge in [0.1, 0.15) is 11.6 Å². The van der Waals surface area contributed by atoms with Gasteiger partial charge in [0.2, 0.25) is 5.91 Å². The molecule has 1 aromatic rings. The maximum Gasteiger partial charge on any atom is 0.256 e. The maximum absolute atomic E-state index is 13.8. The highest BCUT2D eigenvalue weighted by molar-refractivity contribution is 5.94. The average Bonchev–Trinajstić information content (AvgIpc) is 2.68. The van der Waals surface area contributed by atoms with Gasteiger partial charge in [-0.05, 0) is 25.0 Å². The van der Waals surface area contributed by atoms with E-state index in [1.165, 1.54) is 11.0 Å². The highest BCUT2D eigenvalue weighted by atomic mass is 19.1. The van der Waals surface area contributed by atoms with E-state index in [1.54, 1.807) is 0 Å². The van der Waals surface area contributed by atoms with E-state index in [0.29, 0.717) is 38.5 Å². The molecule has 2 aliphatic rings. The van der Waals surface area contributed by atoms with Gasteiger partial charge >= 0.3 is 0 Å². The second-order valence-corrected chi connectivity index (χ2v) is 7.07. The molecular weight excluding hydrogens is 354 g/mol. The fourth-order valence-corrected chi connectivity index (χ4v) is 3.59. The van der Waals surface area contributed by atoms with Gasteiger partial charge in [0.25, 0.3) is 5.91 Å². The topological polar surface area (TPSA) is 64.7 Å². The van der Waals surface area contributed by atoms with Crippen LogP contribution in [0.2, 0.25) is 0 Å². The Morgan fingerprint density at radius 1 is 1.11 bits per heavy atom. The van der Waals surface area contributed by atoms with Crippen LogP contribution in [0.5, 0.6) is 0 Å². The fraction of sp³-hybridized carbons (Fsp3) is 0.579. The quantitative estimate of drug-likeness (QED) is 0.795. The zero-order valence-electron chi connectivity index (χ0n) is 15.3. The number of piperazine rings is 1. The van der Waals surface area contributed by atoms with Gasteiger partial charge in [-0.3, -0.25) is 14.5 Å². The number of nitrogens with one attached hydrogen (secondary N) is 2. The monoisotopic (exact) mass is 380 g/mol. The first-order valence-corrected chi connectivity index (χ1v) is 9.49. The molecule has 0 bridgehead atoms. The molecule has 2 amide bonds. The summed E-state index contributed by atoms with van der Waals surface area (Å²) in [5, 5.41) is 6.28. The molecule has 2 N–H and O–H groups in total. The molecule has 0 radical (unpaired) electrons. The molecule has 0 spiro atoms. The van der Waals surface area contributed by atoms with Crippen LogP contribution in [-0.4, -0.2) is 74.0 Å². The van der Waals surface area contributed by atoms with Crippen LogP contribution < -0.4 is 10.6 Å². The first-order valence-electron chi connectivity index (χ1n) is 9.49. The fourth-order valence-electron chi connectivity index (χ4n) is 3.59. The molecule has 148 valence electrons. The summed E-state index contributed by atoms with van der Waals surface area (Å²) in [6, 6.07) is 2.96. The number of benzene rings is 1. The van der Waals surface area contributed by atoms with Crippen LogP contribution >= 0.6 is 0 Å². The molecule has 0 saturated carbocycles. The van der Waals surface area contributed by atoms with E-state index in [1.807, 2.05) is 0 Å². The third-order valence-corrected chi connectivity index (χ3v) is 5.25. The number of hydrogen-bond donors (Lipinski definition) is 2. The van der Waals surface area contributed by atoms with Crippen molar-refractivity contribution in [1.82, 2.24) is 20.4 Å². The van der Waals surface area contributed by atoms with Gasteiger partial charge in [0.05, 0.1) is 5.56 Å². The molecule has 8 heteroatoms. The van der Waals surface area contributed by atoms with E-state index in [2.05, 4.69) is 15.5 Å². The molecule has 0 aliphatic carbocycles. The van der Waals surface area contributed by atoms with Crippen LogP contribution in [0.15, 0.2) is 18.2 Å². The van der Waals surface area contributed by atoms with E-state index in [-0.39, 0.29) is 17.4 Å². The second-order valence-electron chi connectivity index (χ2n) is 7.07. The van der Waals surface area contributed by atoms with Crippen molar-refractivity contribution in [2.75, 3.05) is 52.4 Å². The van der Waals surface area contributed by atoms with Crippen molar-refractivity contribution in [3.63, 3.8) is 0 Å². The van der Waals surface area contributed by atoms with Gasteiger partial charge in [-0.15, -0.1) is 0 Å². The van der Waals surface area contributed by atoms with Crippen molar-refractivity contribution in [1.29, 1.82) is 0 Å². The highest BCUT2D eigenvalue weighted by Crippen LogP contribution is 2.20. The Balaban J connectivity index is 1.42. The Morgan fingerprint density at radius 3 is 2.48 bits per heavy atom. The summed E-state index contributed by atoms with van der Waals surface area (Å²) >= 11 is 0. The van der Waals surface area contributed by atoms with Crippen LogP contribution in [0.3, 0.4) is 0 Å². The van der Waals surface area contributed by atoms with Crippen molar-refractivity contribution in [3.05, 3.63) is 35.4 Å². The third-order valence-electron chi connectivity index (χ3n) is 5.25. The predicted octanol–water partition coefficient (Wildman–Crippen LogP) is 0.838. The number of piperidine rings is 1. The minimum absolute atomic E-state index is 0.0187. The molecular formula is C19H26F2N4O2. The minimum atomic E-state index is -0.854. The summed E-state index contributed by atoms with van der Waals surface area (Å²) in [6.45, 7) is 6.21. The maximum atomic E-state index is 13.8. The lowest BCUT2D eigenvalue weighted by atomic mass is 9.95. The SMILES string of the molecule is O=C(NCCN1CCNCC1)C1CCN(C(=O)c2ccc(F)cc2F)CC1. The molecule has 1 aromatic carbocycles. The van der Waals surface area contributed by atoms with Crippen LogP contribution in [0.4, 0.5) is 8.78 Å². The van der Waals surface area contributed by atoms with E-state index in [4.69, 9.17) is 0 Å². The van der Waals surface area contributed by atoms with E-state index in [9.17, 15) is 18.4 Å². The largest absolute Gasteiger partial charge is 0.355 e. The second kappa shape index (κ2) is 9.23. The number of amides is 2. The number of carbonyl (C=O) groups is 2. The zero-order chi connectivity index (χ0) is 19.2. The molecule has 3 rings (SSSR count). The van der Waals surface area contributed by atoms with Crippen LogP contribution in [-0.2, 0) is 4.79 Å². The molecule has 0 atom stereocenters. The lowest BCUT2D eigenvalue weighted by Crippen LogP contribution is -2.47. The standard InChI is InChI=1S/C19H26F2N4O2/c20-15-1-2-16(17(21)13-15)19(27)25-8-3-14(4-9-25)18(26)23-7-12-24-10-5-22-6-11-24/h1-2,13-14,22H,3-12H2,(H,23,26).